The molecule has 1 aromatic heterocycles. The van der Waals surface area contributed by atoms with Crippen molar-refractivity contribution < 1.29 is 0 Å². The lowest BCUT2D eigenvalue weighted by molar-refractivity contribution is 1.25. The molecule has 1 nitrogen and oxygen atoms in total. The van der Waals surface area contributed by atoms with Gasteiger partial charge in [0.15, 0.2) is 0 Å². The second-order valence-electron chi connectivity index (χ2n) is 3.81. The highest BCUT2D eigenvalue weighted by Gasteiger charge is 2.07. The maximum Gasteiger partial charge on any atom is 0.0461 e. The van der Waals surface area contributed by atoms with Gasteiger partial charge in [-0.3, -0.25) is 0 Å². The largest absolute Gasteiger partial charge is 0.358 e. The fraction of sp³-hybridized carbons (Fsp3) is 0.385. The highest BCUT2D eigenvalue weighted by Crippen LogP contribution is 2.26. The Morgan fingerprint density at radius 1 is 0.929 bits per heavy atom. The number of benzene rings is 1. The Morgan fingerprint density at radius 2 is 1.57 bits per heavy atom. The maximum atomic E-state index is 3.39. The molecule has 0 aliphatic rings. The van der Waals surface area contributed by atoms with E-state index in [-0.39, 0.29) is 7.43 Å². The van der Waals surface area contributed by atoms with Gasteiger partial charge in [-0.2, -0.15) is 0 Å². The predicted molar refractivity (Wildman–Crippen MR) is 64.0 cm³/mol. The molecule has 0 saturated carbocycles. The molecule has 0 amide bonds. The van der Waals surface area contributed by atoms with E-state index in [4.69, 9.17) is 0 Å². The van der Waals surface area contributed by atoms with Gasteiger partial charge in [-0.25, -0.2) is 0 Å². The van der Waals surface area contributed by atoms with Gasteiger partial charge in [0, 0.05) is 16.6 Å². The molecule has 1 aromatic carbocycles. The fourth-order valence-corrected chi connectivity index (χ4v) is 1.89. The van der Waals surface area contributed by atoms with E-state index in [1.807, 2.05) is 0 Å². The van der Waals surface area contributed by atoms with Crippen LogP contribution in [0.5, 0.6) is 0 Å². The molecule has 0 atom stereocenters. The Kier molecular flexibility index (Phi) is 2.70. The zero-order chi connectivity index (χ0) is 9.59. The summed E-state index contributed by atoms with van der Waals surface area (Å²) < 4.78 is 0. The molecule has 0 spiro atoms. The SMILES string of the molecule is C.Cc1ccc2[nH]c(C)c(C)c2c1C. The van der Waals surface area contributed by atoms with Gasteiger partial charge in [0.25, 0.3) is 0 Å². The number of fused-ring (bicyclic) bond motifs is 1. The molecule has 1 heterocycles. The van der Waals surface area contributed by atoms with Crippen molar-refractivity contribution in [1.29, 1.82) is 0 Å². The quantitative estimate of drug-likeness (QED) is 0.644. The molecule has 1 heteroatoms. The summed E-state index contributed by atoms with van der Waals surface area (Å²) in [5.74, 6) is 0. The zero-order valence-electron chi connectivity index (χ0n) is 8.65. The summed E-state index contributed by atoms with van der Waals surface area (Å²) in [6.07, 6.45) is 0. The number of aromatic nitrogens is 1. The molecule has 0 radical (unpaired) electrons. The third kappa shape index (κ3) is 1.33. The molecular weight excluding hydrogens is 170 g/mol. The molecule has 2 rings (SSSR count). The van der Waals surface area contributed by atoms with Crippen LogP contribution in [-0.2, 0) is 0 Å². The number of nitrogens with one attached hydrogen (secondary N) is 1. The minimum Gasteiger partial charge on any atom is -0.358 e. The fourth-order valence-electron chi connectivity index (χ4n) is 1.89. The van der Waals surface area contributed by atoms with Crippen LogP contribution in [0.2, 0.25) is 0 Å². The molecule has 76 valence electrons. The lowest BCUT2D eigenvalue weighted by atomic mass is 10.0. The Morgan fingerprint density at radius 3 is 2.21 bits per heavy atom. The van der Waals surface area contributed by atoms with Crippen LogP contribution in [0.25, 0.3) is 10.9 Å². The Balaban J connectivity index is 0.000000980. The van der Waals surface area contributed by atoms with Gasteiger partial charge in [0.05, 0.1) is 0 Å². The lowest BCUT2D eigenvalue weighted by Crippen LogP contribution is -1.82. The summed E-state index contributed by atoms with van der Waals surface area (Å²) >= 11 is 0. The molecular formula is C13H19N. The van der Waals surface area contributed by atoms with Crippen LogP contribution in [0.15, 0.2) is 12.1 Å². The van der Waals surface area contributed by atoms with Crippen molar-refractivity contribution in [3.63, 3.8) is 0 Å². The Labute approximate surface area is 86.2 Å². The van der Waals surface area contributed by atoms with Crippen LogP contribution in [0.3, 0.4) is 0 Å². The van der Waals surface area contributed by atoms with Gasteiger partial charge < -0.3 is 4.98 Å². The summed E-state index contributed by atoms with van der Waals surface area (Å²) in [6, 6.07) is 4.34. The standard InChI is InChI=1S/C12H15N.CH4/c1-7-5-6-11-12(8(7)2)9(3)10(4)13-11;/h5-6,13H,1-4H3;1H4. The van der Waals surface area contributed by atoms with E-state index in [1.165, 1.54) is 33.3 Å². The minimum atomic E-state index is 0. The Hall–Kier alpha value is -1.24. The van der Waals surface area contributed by atoms with Gasteiger partial charge in [-0.15, -0.1) is 0 Å². The normalized spacial score (nSPS) is 10.3. The summed E-state index contributed by atoms with van der Waals surface area (Å²) in [4.78, 5) is 3.39. The van der Waals surface area contributed by atoms with Crippen molar-refractivity contribution in [2.24, 2.45) is 0 Å². The van der Waals surface area contributed by atoms with Gasteiger partial charge in [0.2, 0.25) is 0 Å². The monoisotopic (exact) mass is 189 g/mol. The summed E-state index contributed by atoms with van der Waals surface area (Å²) in [6.45, 7) is 8.67. The number of hydrogen-bond donors (Lipinski definition) is 1. The smallest absolute Gasteiger partial charge is 0.0461 e. The average molecular weight is 189 g/mol. The Bertz CT molecular complexity index is 464. The predicted octanol–water partition coefficient (Wildman–Crippen LogP) is 4.04. The highest BCUT2D eigenvalue weighted by atomic mass is 14.7. The lowest BCUT2D eigenvalue weighted by Gasteiger charge is -2.01. The van der Waals surface area contributed by atoms with E-state index in [9.17, 15) is 0 Å². The van der Waals surface area contributed by atoms with Gasteiger partial charge >= 0.3 is 0 Å². The van der Waals surface area contributed by atoms with E-state index >= 15 is 0 Å². The van der Waals surface area contributed by atoms with Crippen molar-refractivity contribution in [2.45, 2.75) is 35.1 Å². The van der Waals surface area contributed by atoms with E-state index in [2.05, 4.69) is 44.8 Å². The topological polar surface area (TPSA) is 15.8 Å². The first-order valence-corrected chi connectivity index (χ1v) is 4.66. The van der Waals surface area contributed by atoms with Crippen LogP contribution < -0.4 is 0 Å². The molecule has 0 unspecified atom stereocenters. The first kappa shape index (κ1) is 10.8. The summed E-state index contributed by atoms with van der Waals surface area (Å²) in [5, 5.41) is 1.40. The molecule has 0 bridgehead atoms. The van der Waals surface area contributed by atoms with E-state index in [0.29, 0.717) is 0 Å². The molecule has 0 aliphatic heterocycles. The van der Waals surface area contributed by atoms with Crippen LogP contribution in [0.4, 0.5) is 0 Å². The summed E-state index contributed by atoms with van der Waals surface area (Å²) in [7, 11) is 0. The second kappa shape index (κ2) is 3.49. The number of aryl methyl sites for hydroxylation is 4. The molecule has 1 N–H and O–H groups in total. The zero-order valence-corrected chi connectivity index (χ0v) is 8.65. The van der Waals surface area contributed by atoms with Crippen LogP contribution in [0, 0.1) is 27.7 Å². The van der Waals surface area contributed by atoms with Crippen molar-refractivity contribution >= 4 is 10.9 Å². The third-order valence-electron chi connectivity index (χ3n) is 3.00. The third-order valence-corrected chi connectivity index (χ3v) is 3.00. The second-order valence-corrected chi connectivity index (χ2v) is 3.81. The maximum absolute atomic E-state index is 3.39. The molecule has 14 heavy (non-hydrogen) atoms. The van der Waals surface area contributed by atoms with E-state index in [1.54, 1.807) is 0 Å². The first-order chi connectivity index (χ1) is 6.11. The molecule has 0 fully saturated rings. The van der Waals surface area contributed by atoms with Crippen molar-refractivity contribution in [3.05, 3.63) is 34.5 Å². The molecule has 2 aromatic rings. The van der Waals surface area contributed by atoms with E-state index in [0.717, 1.165) is 0 Å². The average Bonchev–Trinajstić information content (AvgIpc) is 2.37. The van der Waals surface area contributed by atoms with E-state index < -0.39 is 0 Å². The number of hydrogen-bond acceptors (Lipinski definition) is 0. The molecule has 0 saturated heterocycles. The van der Waals surface area contributed by atoms with Gasteiger partial charge in [0.1, 0.15) is 0 Å². The highest BCUT2D eigenvalue weighted by molar-refractivity contribution is 5.88. The van der Waals surface area contributed by atoms with Crippen LogP contribution in [-0.4, -0.2) is 4.98 Å². The van der Waals surface area contributed by atoms with Crippen LogP contribution >= 0.6 is 0 Å². The first-order valence-electron chi connectivity index (χ1n) is 4.66. The summed E-state index contributed by atoms with van der Waals surface area (Å²) in [5.41, 5.74) is 6.70. The number of aromatic amines is 1. The van der Waals surface area contributed by atoms with Crippen molar-refractivity contribution in [1.82, 2.24) is 4.98 Å². The number of rotatable bonds is 0. The number of H-pyrrole nitrogens is 1. The van der Waals surface area contributed by atoms with Crippen molar-refractivity contribution in [2.75, 3.05) is 0 Å². The van der Waals surface area contributed by atoms with Crippen LogP contribution in [0.1, 0.15) is 29.8 Å². The molecule has 0 aliphatic carbocycles. The van der Waals surface area contributed by atoms with Gasteiger partial charge in [-0.05, 0) is 50.5 Å². The minimum absolute atomic E-state index is 0. The van der Waals surface area contributed by atoms with Gasteiger partial charge in [-0.1, -0.05) is 13.5 Å². The van der Waals surface area contributed by atoms with Crippen molar-refractivity contribution in [3.8, 4) is 0 Å².